The second-order valence-corrected chi connectivity index (χ2v) is 7.35. The van der Waals surface area contributed by atoms with Crippen molar-refractivity contribution in [2.75, 3.05) is 7.11 Å². The van der Waals surface area contributed by atoms with Crippen LogP contribution in [0.15, 0.2) is 90.3 Å². The lowest BCUT2D eigenvalue weighted by atomic mass is 10.0. The zero-order chi connectivity index (χ0) is 18.9. The third-order valence-corrected chi connectivity index (χ3v) is 5.67. The van der Waals surface area contributed by atoms with Crippen molar-refractivity contribution in [2.45, 2.75) is 0 Å². The molecule has 0 fully saturated rings. The molecule has 0 radical (unpaired) electrons. The van der Waals surface area contributed by atoms with E-state index in [0.29, 0.717) is 0 Å². The van der Waals surface area contributed by atoms with Gasteiger partial charge < -0.3 is 4.74 Å². The van der Waals surface area contributed by atoms with Crippen molar-refractivity contribution in [1.82, 2.24) is 9.38 Å². The smallest absolute Gasteiger partial charge is 0.195 e. The average Bonchev–Trinajstić information content (AvgIpc) is 3.34. The largest absolute Gasteiger partial charge is 0.497 e. The predicted octanol–water partition coefficient (Wildman–Crippen LogP) is 6.41. The molecule has 28 heavy (non-hydrogen) atoms. The Hall–Kier alpha value is -3.37. The van der Waals surface area contributed by atoms with E-state index in [0.717, 1.165) is 44.5 Å². The summed E-state index contributed by atoms with van der Waals surface area (Å²) in [6.45, 7) is 0. The number of aromatic nitrogens is 2. The molecule has 0 spiro atoms. The Morgan fingerprint density at radius 1 is 0.750 bits per heavy atom. The van der Waals surface area contributed by atoms with Gasteiger partial charge in [0.05, 0.1) is 24.2 Å². The molecule has 5 aromatic rings. The molecule has 3 nitrogen and oxygen atoms in total. The summed E-state index contributed by atoms with van der Waals surface area (Å²) in [6.07, 6.45) is 0. The van der Waals surface area contributed by atoms with E-state index in [9.17, 15) is 0 Å². The van der Waals surface area contributed by atoms with Crippen LogP contribution in [-0.2, 0) is 0 Å². The summed E-state index contributed by atoms with van der Waals surface area (Å²) in [5.41, 5.74) is 6.68. The first kappa shape index (κ1) is 16.8. The van der Waals surface area contributed by atoms with Gasteiger partial charge in [-0.3, -0.25) is 4.40 Å². The number of thiazole rings is 1. The van der Waals surface area contributed by atoms with Gasteiger partial charge in [0, 0.05) is 16.5 Å². The van der Waals surface area contributed by atoms with Crippen molar-refractivity contribution in [3.8, 4) is 39.5 Å². The second-order valence-electron chi connectivity index (χ2n) is 6.51. The van der Waals surface area contributed by atoms with Crippen molar-refractivity contribution in [3.63, 3.8) is 0 Å². The van der Waals surface area contributed by atoms with Crippen LogP contribution in [0.5, 0.6) is 5.75 Å². The summed E-state index contributed by atoms with van der Waals surface area (Å²) in [5.74, 6) is 0.856. The zero-order valence-corrected chi connectivity index (χ0v) is 16.2. The van der Waals surface area contributed by atoms with Crippen LogP contribution in [0.3, 0.4) is 0 Å². The highest BCUT2D eigenvalue weighted by Gasteiger charge is 2.20. The topological polar surface area (TPSA) is 26.5 Å². The maximum atomic E-state index is 5.31. The van der Waals surface area contributed by atoms with Gasteiger partial charge in [-0.1, -0.05) is 60.7 Å². The first-order chi connectivity index (χ1) is 13.8. The van der Waals surface area contributed by atoms with Gasteiger partial charge in [0.25, 0.3) is 0 Å². The third-order valence-electron chi connectivity index (χ3n) is 4.84. The van der Waals surface area contributed by atoms with E-state index in [2.05, 4.69) is 70.4 Å². The Balaban J connectivity index is 1.79. The SMILES string of the molecule is COc1ccc(-c2csc3nc(-c4ccccc4)c(-c4ccccc4)n23)cc1. The van der Waals surface area contributed by atoms with Gasteiger partial charge in [-0.2, -0.15) is 0 Å². The van der Waals surface area contributed by atoms with Crippen LogP contribution in [0.2, 0.25) is 0 Å². The minimum Gasteiger partial charge on any atom is -0.497 e. The number of benzene rings is 3. The van der Waals surface area contributed by atoms with E-state index in [1.807, 2.05) is 24.3 Å². The first-order valence-electron chi connectivity index (χ1n) is 9.10. The van der Waals surface area contributed by atoms with E-state index in [1.165, 1.54) is 0 Å². The molecule has 0 unspecified atom stereocenters. The van der Waals surface area contributed by atoms with Crippen LogP contribution in [0.4, 0.5) is 0 Å². The van der Waals surface area contributed by atoms with E-state index in [4.69, 9.17) is 9.72 Å². The molecule has 0 atom stereocenters. The Bertz CT molecular complexity index is 1220. The van der Waals surface area contributed by atoms with Gasteiger partial charge in [0.1, 0.15) is 5.75 Å². The van der Waals surface area contributed by atoms with Crippen LogP contribution in [0.25, 0.3) is 38.7 Å². The molecular weight excluding hydrogens is 364 g/mol. The number of methoxy groups -OCH3 is 1. The van der Waals surface area contributed by atoms with Crippen molar-refractivity contribution < 1.29 is 4.74 Å². The highest BCUT2D eigenvalue weighted by molar-refractivity contribution is 7.15. The van der Waals surface area contributed by atoms with E-state index in [-0.39, 0.29) is 0 Å². The van der Waals surface area contributed by atoms with Crippen molar-refractivity contribution in [1.29, 1.82) is 0 Å². The predicted molar refractivity (Wildman–Crippen MR) is 116 cm³/mol. The monoisotopic (exact) mass is 382 g/mol. The fraction of sp³-hybridized carbons (Fsp3) is 0.0417. The molecule has 0 aliphatic heterocycles. The van der Waals surface area contributed by atoms with Crippen molar-refractivity contribution in [2.24, 2.45) is 0 Å². The van der Waals surface area contributed by atoms with Crippen molar-refractivity contribution in [3.05, 3.63) is 90.3 Å². The quantitative estimate of drug-likeness (QED) is 0.359. The zero-order valence-electron chi connectivity index (χ0n) is 15.4. The summed E-state index contributed by atoms with van der Waals surface area (Å²) < 4.78 is 7.58. The molecule has 0 saturated carbocycles. The molecular formula is C24H18N2OS. The molecule has 136 valence electrons. The normalized spacial score (nSPS) is 11.0. The third kappa shape index (κ3) is 2.79. The fourth-order valence-electron chi connectivity index (χ4n) is 3.48. The summed E-state index contributed by atoms with van der Waals surface area (Å²) in [6, 6.07) is 29.0. The summed E-state index contributed by atoms with van der Waals surface area (Å²) >= 11 is 1.66. The highest BCUT2D eigenvalue weighted by Crippen LogP contribution is 2.38. The summed E-state index contributed by atoms with van der Waals surface area (Å²) in [7, 11) is 1.69. The van der Waals surface area contributed by atoms with Gasteiger partial charge in [-0.25, -0.2) is 4.98 Å². The first-order valence-corrected chi connectivity index (χ1v) is 9.98. The lowest BCUT2D eigenvalue weighted by Gasteiger charge is -2.08. The Morgan fingerprint density at radius 3 is 2.04 bits per heavy atom. The molecule has 0 aliphatic rings. The Labute approximate surface area is 167 Å². The van der Waals surface area contributed by atoms with Gasteiger partial charge in [-0.15, -0.1) is 11.3 Å². The number of fused-ring (bicyclic) bond motifs is 1. The molecule has 0 amide bonds. The summed E-state index contributed by atoms with van der Waals surface area (Å²) in [5, 5.41) is 2.17. The molecule has 0 saturated heterocycles. The lowest BCUT2D eigenvalue weighted by Crippen LogP contribution is -1.92. The van der Waals surface area contributed by atoms with Crippen LogP contribution in [0.1, 0.15) is 0 Å². The second kappa shape index (κ2) is 6.98. The number of nitrogens with zero attached hydrogens (tertiary/aromatic N) is 2. The van der Waals surface area contributed by atoms with E-state index in [1.54, 1.807) is 18.4 Å². The number of hydrogen-bond acceptors (Lipinski definition) is 3. The number of rotatable bonds is 4. The number of ether oxygens (including phenoxy) is 1. The minimum atomic E-state index is 0.856. The van der Waals surface area contributed by atoms with Gasteiger partial charge >= 0.3 is 0 Å². The van der Waals surface area contributed by atoms with Crippen LogP contribution in [-0.4, -0.2) is 16.5 Å². The summed E-state index contributed by atoms with van der Waals surface area (Å²) in [4.78, 5) is 5.99. The highest BCUT2D eigenvalue weighted by atomic mass is 32.1. The standard InChI is InChI=1S/C24H18N2OS/c1-27-20-14-12-17(13-15-20)21-16-28-24-25-22(18-8-4-2-5-9-18)23(26(21)24)19-10-6-3-7-11-19/h2-16H,1H3. The Kier molecular flexibility index (Phi) is 4.18. The Morgan fingerprint density at radius 2 is 1.39 bits per heavy atom. The molecule has 5 rings (SSSR count). The van der Waals surface area contributed by atoms with Crippen molar-refractivity contribution >= 4 is 16.3 Å². The molecule has 0 aliphatic carbocycles. The number of hydrogen-bond donors (Lipinski definition) is 0. The molecule has 0 N–H and O–H groups in total. The molecule has 3 aromatic carbocycles. The van der Waals surface area contributed by atoms with Crippen LogP contribution >= 0.6 is 11.3 Å². The maximum absolute atomic E-state index is 5.31. The maximum Gasteiger partial charge on any atom is 0.195 e. The van der Waals surface area contributed by atoms with E-state index < -0.39 is 0 Å². The van der Waals surface area contributed by atoms with Crippen LogP contribution in [0, 0.1) is 0 Å². The molecule has 2 aromatic heterocycles. The molecule has 0 bridgehead atoms. The van der Waals surface area contributed by atoms with E-state index >= 15 is 0 Å². The molecule has 2 heterocycles. The number of imidazole rings is 1. The minimum absolute atomic E-state index is 0.856. The lowest BCUT2D eigenvalue weighted by molar-refractivity contribution is 0.415. The fourth-order valence-corrected chi connectivity index (χ4v) is 4.38. The van der Waals surface area contributed by atoms with Crippen LogP contribution < -0.4 is 4.74 Å². The average molecular weight is 382 g/mol. The van der Waals surface area contributed by atoms with Gasteiger partial charge in [-0.05, 0) is 29.8 Å². The van der Waals surface area contributed by atoms with Gasteiger partial charge in [0.15, 0.2) is 4.96 Å². The molecule has 4 heteroatoms. The van der Waals surface area contributed by atoms with Gasteiger partial charge in [0.2, 0.25) is 0 Å².